The molecule has 0 spiro atoms. The van der Waals surface area contributed by atoms with Gasteiger partial charge in [-0.3, -0.25) is 0 Å². The first-order valence-corrected chi connectivity index (χ1v) is 6.60. The van der Waals surface area contributed by atoms with Gasteiger partial charge in [0.15, 0.2) is 0 Å². The Bertz CT molecular complexity index is 457. The summed E-state index contributed by atoms with van der Waals surface area (Å²) in [5, 5.41) is 17.3. The highest BCUT2D eigenvalue weighted by Crippen LogP contribution is 2.17. The standard InChI is InChI=1S/C10H16N2O3S/c1-8-2-3-10(13)9(6-8)7-12-4-5-16(11,14)15/h2-3,6,12-13H,4-5,7H2,1H3,(H2,11,14,15). The Balaban J connectivity index is 2.46. The zero-order valence-corrected chi connectivity index (χ0v) is 9.92. The average Bonchev–Trinajstić information content (AvgIpc) is 2.16. The van der Waals surface area contributed by atoms with Gasteiger partial charge in [0.05, 0.1) is 5.75 Å². The Labute approximate surface area is 95.3 Å². The lowest BCUT2D eigenvalue weighted by atomic mass is 10.1. The van der Waals surface area contributed by atoms with Gasteiger partial charge in [0.2, 0.25) is 10.0 Å². The van der Waals surface area contributed by atoms with Crippen LogP contribution in [0.15, 0.2) is 18.2 Å². The number of nitrogens with two attached hydrogens (primary N) is 1. The highest BCUT2D eigenvalue weighted by molar-refractivity contribution is 7.89. The molecule has 6 heteroatoms. The Morgan fingerprint density at radius 2 is 2.12 bits per heavy atom. The molecule has 0 saturated carbocycles. The average molecular weight is 244 g/mol. The molecule has 0 atom stereocenters. The van der Waals surface area contributed by atoms with Crippen LogP contribution in [-0.2, 0) is 16.6 Å². The van der Waals surface area contributed by atoms with Gasteiger partial charge in [-0.2, -0.15) is 0 Å². The minimum Gasteiger partial charge on any atom is -0.508 e. The molecule has 0 saturated heterocycles. The number of phenolic OH excluding ortho intramolecular Hbond substituents is 1. The molecule has 5 nitrogen and oxygen atoms in total. The number of benzene rings is 1. The number of primary sulfonamides is 1. The lowest BCUT2D eigenvalue weighted by Crippen LogP contribution is -2.26. The summed E-state index contributed by atoms with van der Waals surface area (Å²) < 4.78 is 21.3. The van der Waals surface area contributed by atoms with Gasteiger partial charge in [-0.15, -0.1) is 0 Å². The quantitative estimate of drug-likeness (QED) is 0.639. The zero-order chi connectivity index (χ0) is 12.2. The first kappa shape index (κ1) is 13.0. The minimum atomic E-state index is -3.42. The molecule has 0 radical (unpaired) electrons. The van der Waals surface area contributed by atoms with Gasteiger partial charge < -0.3 is 10.4 Å². The molecule has 0 aromatic heterocycles. The van der Waals surface area contributed by atoms with Crippen molar-refractivity contribution in [2.75, 3.05) is 12.3 Å². The Morgan fingerprint density at radius 3 is 2.75 bits per heavy atom. The molecule has 1 rings (SSSR count). The van der Waals surface area contributed by atoms with Crippen LogP contribution in [0.5, 0.6) is 5.75 Å². The van der Waals surface area contributed by atoms with E-state index in [1.54, 1.807) is 6.07 Å². The number of nitrogens with one attached hydrogen (secondary N) is 1. The van der Waals surface area contributed by atoms with Crippen LogP contribution in [0.2, 0.25) is 0 Å². The molecule has 1 aromatic rings. The summed E-state index contributed by atoms with van der Waals surface area (Å²) in [6.07, 6.45) is 0. The summed E-state index contributed by atoms with van der Waals surface area (Å²) in [6, 6.07) is 5.27. The predicted molar refractivity (Wildman–Crippen MR) is 62.5 cm³/mol. The number of aryl methyl sites for hydroxylation is 1. The number of rotatable bonds is 5. The van der Waals surface area contributed by atoms with E-state index >= 15 is 0 Å². The second-order valence-electron chi connectivity index (χ2n) is 3.68. The normalized spacial score (nSPS) is 11.6. The van der Waals surface area contributed by atoms with E-state index in [1.807, 2.05) is 19.1 Å². The monoisotopic (exact) mass is 244 g/mol. The molecule has 1 aromatic carbocycles. The highest BCUT2D eigenvalue weighted by atomic mass is 32.2. The van der Waals surface area contributed by atoms with Crippen molar-refractivity contribution in [3.63, 3.8) is 0 Å². The third kappa shape index (κ3) is 4.61. The Morgan fingerprint density at radius 1 is 1.44 bits per heavy atom. The molecule has 0 fully saturated rings. The van der Waals surface area contributed by atoms with Crippen molar-refractivity contribution >= 4 is 10.0 Å². The molecule has 90 valence electrons. The second kappa shape index (κ2) is 5.29. The third-order valence-corrected chi connectivity index (χ3v) is 2.89. The van der Waals surface area contributed by atoms with Crippen LogP contribution in [0.3, 0.4) is 0 Å². The number of hydrogen-bond acceptors (Lipinski definition) is 4. The van der Waals surface area contributed by atoms with E-state index in [-0.39, 0.29) is 18.0 Å². The lowest BCUT2D eigenvalue weighted by molar-refractivity contribution is 0.465. The molecule has 0 aliphatic heterocycles. The summed E-state index contributed by atoms with van der Waals surface area (Å²) in [6.45, 7) is 2.61. The van der Waals surface area contributed by atoms with Crippen molar-refractivity contribution in [3.05, 3.63) is 29.3 Å². The van der Waals surface area contributed by atoms with E-state index < -0.39 is 10.0 Å². The molecule has 0 amide bonds. The minimum absolute atomic E-state index is 0.112. The van der Waals surface area contributed by atoms with Crippen molar-refractivity contribution in [1.29, 1.82) is 0 Å². The molecule has 0 aliphatic carbocycles. The fourth-order valence-electron chi connectivity index (χ4n) is 1.29. The first-order chi connectivity index (χ1) is 7.38. The van der Waals surface area contributed by atoms with Crippen molar-refractivity contribution in [3.8, 4) is 5.75 Å². The number of phenols is 1. The van der Waals surface area contributed by atoms with E-state index in [1.165, 1.54) is 0 Å². The summed E-state index contributed by atoms with van der Waals surface area (Å²) >= 11 is 0. The topological polar surface area (TPSA) is 92.4 Å². The molecule has 0 bridgehead atoms. The van der Waals surface area contributed by atoms with Gasteiger partial charge in [0, 0.05) is 18.7 Å². The van der Waals surface area contributed by atoms with Crippen LogP contribution in [0.25, 0.3) is 0 Å². The second-order valence-corrected chi connectivity index (χ2v) is 5.41. The van der Waals surface area contributed by atoms with Crippen molar-refractivity contribution in [2.45, 2.75) is 13.5 Å². The maximum absolute atomic E-state index is 10.7. The van der Waals surface area contributed by atoms with Crippen LogP contribution in [-0.4, -0.2) is 25.8 Å². The molecule has 16 heavy (non-hydrogen) atoms. The number of aromatic hydroxyl groups is 1. The zero-order valence-electron chi connectivity index (χ0n) is 9.10. The number of sulfonamides is 1. The summed E-state index contributed by atoms with van der Waals surface area (Å²) in [4.78, 5) is 0. The third-order valence-electron chi connectivity index (χ3n) is 2.11. The smallest absolute Gasteiger partial charge is 0.210 e. The molecule has 0 heterocycles. The largest absolute Gasteiger partial charge is 0.508 e. The molecule has 4 N–H and O–H groups in total. The summed E-state index contributed by atoms with van der Waals surface area (Å²) in [5.41, 5.74) is 1.79. The number of hydrogen-bond donors (Lipinski definition) is 3. The van der Waals surface area contributed by atoms with E-state index in [0.29, 0.717) is 6.54 Å². The first-order valence-electron chi connectivity index (χ1n) is 4.88. The highest BCUT2D eigenvalue weighted by Gasteiger charge is 2.03. The Hall–Kier alpha value is -1.11. The molecule has 0 aliphatic rings. The molecular formula is C10H16N2O3S. The maximum Gasteiger partial charge on any atom is 0.210 e. The van der Waals surface area contributed by atoms with Crippen molar-refractivity contribution < 1.29 is 13.5 Å². The van der Waals surface area contributed by atoms with Crippen molar-refractivity contribution in [1.82, 2.24) is 5.32 Å². The summed E-state index contributed by atoms with van der Waals surface area (Å²) in [5.74, 6) is 0.0910. The van der Waals surface area contributed by atoms with Crippen LogP contribution >= 0.6 is 0 Å². The fraction of sp³-hybridized carbons (Fsp3) is 0.400. The van der Waals surface area contributed by atoms with Gasteiger partial charge in [0.25, 0.3) is 0 Å². The predicted octanol–water partition coefficient (Wildman–Crippen LogP) is 0.0787. The SMILES string of the molecule is Cc1ccc(O)c(CNCCS(N)(=O)=O)c1. The maximum atomic E-state index is 10.7. The lowest BCUT2D eigenvalue weighted by Gasteiger charge is -2.07. The van der Waals surface area contributed by atoms with Crippen LogP contribution in [0.1, 0.15) is 11.1 Å². The molecule has 0 unspecified atom stereocenters. The van der Waals surface area contributed by atoms with Crippen LogP contribution < -0.4 is 10.5 Å². The van der Waals surface area contributed by atoms with Gasteiger partial charge in [0.1, 0.15) is 5.75 Å². The van der Waals surface area contributed by atoms with E-state index in [0.717, 1.165) is 11.1 Å². The van der Waals surface area contributed by atoms with Crippen LogP contribution in [0.4, 0.5) is 0 Å². The van der Waals surface area contributed by atoms with Gasteiger partial charge in [-0.05, 0) is 13.0 Å². The summed E-state index contributed by atoms with van der Waals surface area (Å²) in [7, 11) is -3.42. The molecular weight excluding hydrogens is 228 g/mol. The van der Waals surface area contributed by atoms with Crippen molar-refractivity contribution in [2.24, 2.45) is 5.14 Å². The Kier molecular flexibility index (Phi) is 4.28. The van der Waals surface area contributed by atoms with Gasteiger partial charge in [-0.1, -0.05) is 17.7 Å². The fourth-order valence-corrected chi connectivity index (χ4v) is 1.72. The van der Waals surface area contributed by atoms with Gasteiger partial charge in [-0.25, -0.2) is 13.6 Å². The van der Waals surface area contributed by atoms with E-state index in [2.05, 4.69) is 5.32 Å². The van der Waals surface area contributed by atoms with Gasteiger partial charge >= 0.3 is 0 Å². The van der Waals surface area contributed by atoms with E-state index in [9.17, 15) is 13.5 Å². The van der Waals surface area contributed by atoms with Crippen LogP contribution in [0, 0.1) is 6.92 Å². The van der Waals surface area contributed by atoms with E-state index in [4.69, 9.17) is 5.14 Å².